The van der Waals surface area contributed by atoms with Crippen LogP contribution < -0.4 is 0 Å². The van der Waals surface area contributed by atoms with Crippen molar-refractivity contribution in [2.45, 2.75) is 6.92 Å². The lowest BCUT2D eigenvalue weighted by Gasteiger charge is -1.97. The van der Waals surface area contributed by atoms with Gasteiger partial charge < -0.3 is 5.41 Å². The van der Waals surface area contributed by atoms with E-state index in [1.807, 2.05) is 25.2 Å². The summed E-state index contributed by atoms with van der Waals surface area (Å²) in [7, 11) is 0. The first-order valence-electron chi connectivity index (χ1n) is 4.05. The van der Waals surface area contributed by atoms with E-state index >= 15 is 0 Å². The van der Waals surface area contributed by atoms with Gasteiger partial charge in [0.1, 0.15) is 0 Å². The quantitative estimate of drug-likeness (QED) is 0.622. The van der Waals surface area contributed by atoms with Crippen LogP contribution in [0.4, 0.5) is 0 Å². The molecular formula is C11H12N2. The Labute approximate surface area is 78.2 Å². The van der Waals surface area contributed by atoms with E-state index in [1.165, 1.54) is 6.21 Å². The van der Waals surface area contributed by atoms with Crippen molar-refractivity contribution in [3.8, 4) is 0 Å². The normalized spacial score (nSPS) is 16.8. The molecule has 13 heavy (non-hydrogen) atoms. The third kappa shape index (κ3) is 2.37. The molecule has 0 saturated carbocycles. The van der Waals surface area contributed by atoms with Crippen LogP contribution in [0.5, 0.6) is 0 Å². The van der Waals surface area contributed by atoms with E-state index < -0.39 is 0 Å². The Morgan fingerprint density at radius 1 is 1.54 bits per heavy atom. The summed E-state index contributed by atoms with van der Waals surface area (Å²) in [4.78, 5) is 4.06. The van der Waals surface area contributed by atoms with Crippen LogP contribution >= 0.6 is 0 Å². The first kappa shape index (κ1) is 9.39. The van der Waals surface area contributed by atoms with Crippen molar-refractivity contribution in [3.63, 3.8) is 0 Å². The number of nitrogens with zero attached hydrogens (tertiary/aromatic N) is 1. The highest BCUT2D eigenvalue weighted by Gasteiger charge is 1.98. The molecule has 0 aromatic carbocycles. The summed E-state index contributed by atoms with van der Waals surface area (Å²) in [5, 5.41) is 7.18. The minimum Gasteiger partial charge on any atom is -0.308 e. The van der Waals surface area contributed by atoms with Crippen LogP contribution in [0.2, 0.25) is 0 Å². The lowest BCUT2D eigenvalue weighted by molar-refractivity contribution is 1.46. The van der Waals surface area contributed by atoms with E-state index in [0.717, 1.165) is 16.7 Å². The molecule has 1 heterocycles. The molecule has 0 aliphatic carbocycles. The Morgan fingerprint density at radius 2 is 2.31 bits per heavy atom. The van der Waals surface area contributed by atoms with Gasteiger partial charge in [-0.25, -0.2) is 0 Å². The van der Waals surface area contributed by atoms with Gasteiger partial charge in [-0.3, -0.25) is 4.99 Å². The smallest absolute Gasteiger partial charge is 0.0347 e. The first-order chi connectivity index (χ1) is 6.27. The molecule has 0 amide bonds. The molecule has 0 unspecified atom stereocenters. The van der Waals surface area contributed by atoms with Gasteiger partial charge in [0.25, 0.3) is 0 Å². The molecule has 1 rings (SSSR count). The van der Waals surface area contributed by atoms with Crippen molar-refractivity contribution in [3.05, 3.63) is 47.7 Å². The van der Waals surface area contributed by atoms with Gasteiger partial charge in [0.15, 0.2) is 0 Å². The molecule has 0 saturated heterocycles. The fourth-order valence-electron chi connectivity index (χ4n) is 1.00. The molecule has 2 heteroatoms. The van der Waals surface area contributed by atoms with Gasteiger partial charge in [-0.2, -0.15) is 0 Å². The van der Waals surface area contributed by atoms with Gasteiger partial charge in [-0.1, -0.05) is 24.8 Å². The molecule has 0 radical (unpaired) electrons. The molecule has 0 aromatic heterocycles. The molecule has 1 aliphatic heterocycles. The van der Waals surface area contributed by atoms with Gasteiger partial charge in [0.2, 0.25) is 0 Å². The van der Waals surface area contributed by atoms with Crippen LogP contribution in [0.1, 0.15) is 6.92 Å². The van der Waals surface area contributed by atoms with E-state index in [1.54, 1.807) is 12.4 Å². The van der Waals surface area contributed by atoms with Crippen molar-refractivity contribution in [2.75, 3.05) is 0 Å². The first-order valence-corrected chi connectivity index (χ1v) is 4.05. The van der Waals surface area contributed by atoms with E-state index in [-0.39, 0.29) is 0 Å². The minimum atomic E-state index is 0.864. The lowest BCUT2D eigenvalue weighted by atomic mass is 10.1. The van der Waals surface area contributed by atoms with E-state index in [9.17, 15) is 0 Å². The van der Waals surface area contributed by atoms with Gasteiger partial charge in [0.05, 0.1) is 0 Å². The van der Waals surface area contributed by atoms with Crippen molar-refractivity contribution in [1.29, 1.82) is 5.41 Å². The number of nitrogens with one attached hydrogen (secondary N) is 1. The number of allylic oxidation sites excluding steroid dienone is 6. The fourth-order valence-corrected chi connectivity index (χ4v) is 1.00. The fraction of sp³-hybridized carbons (Fsp3) is 0.0909. The molecule has 0 aromatic rings. The summed E-state index contributed by atoms with van der Waals surface area (Å²) in [5.41, 5.74) is 2.67. The summed E-state index contributed by atoms with van der Waals surface area (Å²) in [6, 6.07) is 0. The second-order valence-corrected chi connectivity index (χ2v) is 2.66. The molecule has 66 valence electrons. The van der Waals surface area contributed by atoms with E-state index in [2.05, 4.69) is 11.6 Å². The predicted molar refractivity (Wildman–Crippen MR) is 57.4 cm³/mol. The molecule has 0 spiro atoms. The molecule has 0 fully saturated rings. The van der Waals surface area contributed by atoms with E-state index in [0.29, 0.717) is 0 Å². The Morgan fingerprint density at radius 3 is 2.92 bits per heavy atom. The second-order valence-electron chi connectivity index (χ2n) is 2.66. The van der Waals surface area contributed by atoms with Crippen molar-refractivity contribution >= 4 is 12.4 Å². The predicted octanol–water partition coefficient (Wildman–Crippen LogP) is 2.66. The van der Waals surface area contributed by atoms with Crippen LogP contribution in [0.3, 0.4) is 0 Å². The van der Waals surface area contributed by atoms with Crippen molar-refractivity contribution < 1.29 is 0 Å². The zero-order chi connectivity index (χ0) is 9.68. The van der Waals surface area contributed by atoms with Gasteiger partial charge in [-0.05, 0) is 18.1 Å². The Balaban J connectivity index is 3.00. The summed E-state index contributed by atoms with van der Waals surface area (Å²) in [5.74, 6) is 0. The third-order valence-electron chi connectivity index (χ3n) is 1.73. The van der Waals surface area contributed by atoms with E-state index in [4.69, 9.17) is 5.41 Å². The molecule has 1 aliphatic rings. The van der Waals surface area contributed by atoms with Gasteiger partial charge in [0, 0.05) is 24.2 Å². The average molecular weight is 172 g/mol. The van der Waals surface area contributed by atoms with Gasteiger partial charge in [-0.15, -0.1) is 0 Å². The maximum absolute atomic E-state index is 7.18. The van der Waals surface area contributed by atoms with Crippen LogP contribution in [0.25, 0.3) is 0 Å². The average Bonchev–Trinajstić information content (AvgIpc) is 2.34. The highest BCUT2D eigenvalue weighted by atomic mass is 14.7. The minimum absolute atomic E-state index is 0.864. The molecule has 1 N–H and O–H groups in total. The highest BCUT2D eigenvalue weighted by molar-refractivity contribution is 5.87. The Kier molecular flexibility index (Phi) is 3.15. The number of aliphatic imine (C=N–C) groups is 1. The number of rotatable bonds is 2. The monoisotopic (exact) mass is 172 g/mol. The Hall–Kier alpha value is -1.70. The molecule has 0 atom stereocenters. The highest BCUT2D eigenvalue weighted by Crippen LogP contribution is 2.12. The van der Waals surface area contributed by atoms with Crippen molar-refractivity contribution in [2.24, 2.45) is 4.99 Å². The topological polar surface area (TPSA) is 36.2 Å². The van der Waals surface area contributed by atoms with Crippen LogP contribution in [0.15, 0.2) is 52.7 Å². The number of hydrogen-bond donors (Lipinski definition) is 1. The van der Waals surface area contributed by atoms with Crippen LogP contribution in [-0.2, 0) is 0 Å². The zero-order valence-electron chi connectivity index (χ0n) is 7.62. The zero-order valence-corrected chi connectivity index (χ0v) is 7.62. The maximum Gasteiger partial charge on any atom is 0.0347 e. The molecular weight excluding hydrogens is 160 g/mol. The standard InChI is InChI=1S/C11H12N2/c1-3-10(6-12)11-5-4-9(2)7-13-8-11/h3-8,12H,2H2,1H3/b10-3+,12-6?. The summed E-state index contributed by atoms with van der Waals surface area (Å²) in [6.07, 6.45) is 10.4. The summed E-state index contributed by atoms with van der Waals surface area (Å²) in [6.45, 7) is 5.67. The Bertz CT molecular complexity index is 341. The summed E-state index contributed by atoms with van der Waals surface area (Å²) < 4.78 is 0. The molecule has 0 bridgehead atoms. The second kappa shape index (κ2) is 4.36. The van der Waals surface area contributed by atoms with Gasteiger partial charge >= 0.3 is 0 Å². The summed E-state index contributed by atoms with van der Waals surface area (Å²) >= 11 is 0. The number of hydrogen-bond acceptors (Lipinski definition) is 2. The van der Waals surface area contributed by atoms with Crippen LogP contribution in [-0.4, -0.2) is 12.4 Å². The maximum atomic E-state index is 7.18. The van der Waals surface area contributed by atoms with Crippen molar-refractivity contribution in [1.82, 2.24) is 0 Å². The largest absolute Gasteiger partial charge is 0.308 e. The lowest BCUT2D eigenvalue weighted by Crippen LogP contribution is -1.86. The third-order valence-corrected chi connectivity index (χ3v) is 1.73. The van der Waals surface area contributed by atoms with Crippen LogP contribution in [0, 0.1) is 5.41 Å². The SMILES string of the molecule is C=C1C=CC(/C(C=N)=C/C)=CN=C1. The molecule has 2 nitrogen and oxygen atoms in total.